The van der Waals surface area contributed by atoms with Gasteiger partial charge in [0.25, 0.3) is 0 Å². The van der Waals surface area contributed by atoms with Crippen LogP contribution in [-0.2, 0) is 19.0 Å². The molecule has 286 valence electrons. The maximum atomic E-state index is 12.8. The predicted molar refractivity (Wildman–Crippen MR) is 204 cm³/mol. The fourth-order valence-electron chi connectivity index (χ4n) is 5.91. The van der Waals surface area contributed by atoms with Crippen molar-refractivity contribution < 1.29 is 23.8 Å². The Hall–Kier alpha value is -1.34. The van der Waals surface area contributed by atoms with Gasteiger partial charge in [-0.3, -0.25) is 9.69 Å². The molecule has 0 radical (unpaired) electrons. The van der Waals surface area contributed by atoms with Gasteiger partial charge in [-0.1, -0.05) is 162 Å². The predicted octanol–water partition coefficient (Wildman–Crippen LogP) is 11.6. The Balaban J connectivity index is 4.40. The average Bonchev–Trinajstić information content (AvgIpc) is 3.04. The van der Waals surface area contributed by atoms with Crippen molar-refractivity contribution in [1.82, 2.24) is 10.2 Å². The summed E-state index contributed by atoms with van der Waals surface area (Å²) in [4.78, 5) is 26.9. The van der Waals surface area contributed by atoms with E-state index in [4.69, 9.17) is 14.2 Å². The molecule has 2 amide bonds. The van der Waals surface area contributed by atoms with Crippen molar-refractivity contribution in [3.63, 3.8) is 0 Å². The Morgan fingerprint density at radius 1 is 0.583 bits per heavy atom. The van der Waals surface area contributed by atoms with Crippen LogP contribution in [0.1, 0.15) is 202 Å². The third-order valence-electron chi connectivity index (χ3n) is 8.80. The van der Waals surface area contributed by atoms with Gasteiger partial charge in [-0.2, -0.15) is 0 Å². The van der Waals surface area contributed by atoms with E-state index < -0.39 is 11.7 Å². The van der Waals surface area contributed by atoms with Gasteiger partial charge in [0.15, 0.2) is 0 Å². The minimum absolute atomic E-state index is 0.0199. The normalized spacial score (nSPS) is 12.3. The Labute approximate surface area is 298 Å². The van der Waals surface area contributed by atoms with E-state index in [1.165, 1.54) is 146 Å². The van der Waals surface area contributed by atoms with E-state index in [2.05, 4.69) is 19.2 Å². The summed E-state index contributed by atoms with van der Waals surface area (Å²) >= 11 is 0. The van der Waals surface area contributed by atoms with E-state index >= 15 is 0 Å². The first-order valence-corrected chi connectivity index (χ1v) is 20.7. The lowest BCUT2D eigenvalue weighted by atomic mass is 10.1. The Bertz CT molecular complexity index is 711. The molecule has 1 N–H and O–H groups in total. The van der Waals surface area contributed by atoms with Crippen LogP contribution in [0, 0.1) is 0 Å². The van der Waals surface area contributed by atoms with Crippen molar-refractivity contribution in [3.05, 3.63) is 0 Å². The van der Waals surface area contributed by atoms with E-state index in [1.54, 1.807) is 0 Å². The number of hydrogen-bond donors (Lipinski definition) is 1. The van der Waals surface area contributed by atoms with Crippen LogP contribution in [0.5, 0.6) is 0 Å². The van der Waals surface area contributed by atoms with Crippen LogP contribution in [0.3, 0.4) is 0 Å². The van der Waals surface area contributed by atoms with Gasteiger partial charge in [0.2, 0.25) is 5.91 Å². The molecule has 0 aromatic heterocycles. The monoisotopic (exact) mass is 683 g/mol. The molecular weight excluding hydrogens is 600 g/mol. The van der Waals surface area contributed by atoms with Gasteiger partial charge in [-0.15, -0.1) is 0 Å². The zero-order valence-corrected chi connectivity index (χ0v) is 33.0. The van der Waals surface area contributed by atoms with Crippen LogP contribution in [0.15, 0.2) is 0 Å². The summed E-state index contributed by atoms with van der Waals surface area (Å²) in [6, 6.07) is 0. The maximum Gasteiger partial charge on any atom is 0.410 e. The van der Waals surface area contributed by atoms with Crippen molar-refractivity contribution in [3.8, 4) is 0 Å². The maximum absolute atomic E-state index is 12.8. The Morgan fingerprint density at radius 3 is 1.42 bits per heavy atom. The summed E-state index contributed by atoms with van der Waals surface area (Å²) in [5, 5.41) is 2.99. The summed E-state index contributed by atoms with van der Waals surface area (Å²) in [5.41, 5.74) is -0.600. The van der Waals surface area contributed by atoms with E-state index in [-0.39, 0.29) is 18.6 Å². The van der Waals surface area contributed by atoms with Gasteiger partial charge in [0.1, 0.15) is 12.1 Å². The second-order valence-electron chi connectivity index (χ2n) is 15.1. The highest BCUT2D eigenvalue weighted by molar-refractivity contribution is 5.82. The van der Waals surface area contributed by atoms with Gasteiger partial charge in [-0.25, -0.2) is 4.79 Å². The molecule has 0 aliphatic carbocycles. The van der Waals surface area contributed by atoms with Crippen LogP contribution in [0.4, 0.5) is 4.79 Å². The van der Waals surface area contributed by atoms with Crippen molar-refractivity contribution in [2.45, 2.75) is 214 Å². The molecule has 0 rings (SSSR count). The van der Waals surface area contributed by atoms with Gasteiger partial charge in [0, 0.05) is 26.3 Å². The number of nitrogens with zero attached hydrogens (tertiary/aromatic N) is 1. The van der Waals surface area contributed by atoms with Crippen LogP contribution in [0.25, 0.3) is 0 Å². The minimum atomic E-state index is -0.600. The highest BCUT2D eigenvalue weighted by atomic mass is 16.6. The molecule has 0 aromatic carbocycles. The number of hydrogen-bond acceptors (Lipinski definition) is 5. The van der Waals surface area contributed by atoms with Crippen molar-refractivity contribution in [1.29, 1.82) is 0 Å². The number of carbonyl (C=O) groups is 2. The van der Waals surface area contributed by atoms with Crippen LogP contribution >= 0.6 is 0 Å². The molecule has 0 bridgehead atoms. The summed E-state index contributed by atoms with van der Waals surface area (Å²) in [7, 11) is 0. The van der Waals surface area contributed by atoms with Crippen LogP contribution in [-0.4, -0.2) is 68.1 Å². The second kappa shape index (κ2) is 34.1. The van der Waals surface area contributed by atoms with E-state index in [0.29, 0.717) is 26.3 Å². The van der Waals surface area contributed by atoms with E-state index in [9.17, 15) is 9.59 Å². The molecule has 7 heteroatoms. The van der Waals surface area contributed by atoms with Gasteiger partial charge < -0.3 is 19.5 Å². The Morgan fingerprint density at radius 2 is 1.00 bits per heavy atom. The van der Waals surface area contributed by atoms with Gasteiger partial charge >= 0.3 is 6.09 Å². The average molecular weight is 683 g/mol. The first kappa shape index (κ1) is 46.7. The lowest BCUT2D eigenvalue weighted by Crippen LogP contribution is -2.45. The molecular formula is C41H82N2O5. The molecule has 0 saturated carbocycles. The van der Waals surface area contributed by atoms with Crippen LogP contribution < -0.4 is 5.32 Å². The first-order valence-electron chi connectivity index (χ1n) is 20.7. The topological polar surface area (TPSA) is 77.1 Å². The largest absolute Gasteiger partial charge is 0.444 e. The zero-order valence-electron chi connectivity index (χ0n) is 33.0. The molecule has 0 aliphatic rings. The number of ether oxygens (including phenoxy) is 3. The lowest BCUT2D eigenvalue weighted by molar-refractivity contribution is -0.123. The number of nitrogens with one attached hydrogen (secondary N) is 1. The third-order valence-corrected chi connectivity index (χ3v) is 8.80. The Kier molecular flexibility index (Phi) is 33.2. The highest BCUT2D eigenvalue weighted by Gasteiger charge is 2.23. The second-order valence-corrected chi connectivity index (χ2v) is 15.1. The number of carbonyl (C=O) groups excluding carboxylic acids is 2. The summed E-state index contributed by atoms with van der Waals surface area (Å²) < 4.78 is 17.8. The SMILES string of the molecule is CCCCCCCCCCCCCCOCC(CNC(=O)CN(CCC)C(=O)OC(C)(C)C)OCCCCCCCCCCCCCC. The highest BCUT2D eigenvalue weighted by Crippen LogP contribution is 2.14. The molecule has 0 fully saturated rings. The molecule has 1 atom stereocenters. The lowest BCUT2D eigenvalue weighted by Gasteiger charge is -2.27. The molecule has 1 unspecified atom stereocenters. The van der Waals surface area contributed by atoms with Crippen LogP contribution in [0.2, 0.25) is 0 Å². The number of rotatable bonds is 35. The minimum Gasteiger partial charge on any atom is -0.444 e. The molecule has 7 nitrogen and oxygen atoms in total. The summed E-state index contributed by atoms with van der Waals surface area (Å²) in [5.74, 6) is -0.200. The number of amides is 2. The zero-order chi connectivity index (χ0) is 35.6. The van der Waals surface area contributed by atoms with Crippen molar-refractivity contribution >= 4 is 12.0 Å². The number of unbranched alkanes of at least 4 members (excludes halogenated alkanes) is 22. The fraction of sp³-hybridized carbons (Fsp3) is 0.951. The first-order chi connectivity index (χ1) is 23.2. The molecule has 0 saturated heterocycles. The molecule has 0 spiro atoms. The van der Waals surface area contributed by atoms with E-state index in [1.807, 2.05) is 27.7 Å². The summed E-state index contributed by atoms with van der Waals surface area (Å²) in [6.07, 6.45) is 31.8. The standard InChI is InChI=1S/C41H82N2O5/c1-7-10-12-14-16-18-20-22-24-26-28-30-33-46-37-38(47-34-31-29-27-25-23-21-19-17-15-13-11-8-2)35-42-39(44)36-43(32-9-3)40(45)48-41(4,5)6/h38H,7-37H2,1-6H3,(H,42,44). The van der Waals surface area contributed by atoms with E-state index in [0.717, 1.165) is 25.9 Å². The smallest absolute Gasteiger partial charge is 0.410 e. The van der Waals surface area contributed by atoms with Crippen molar-refractivity contribution in [2.24, 2.45) is 0 Å². The third kappa shape index (κ3) is 33.2. The van der Waals surface area contributed by atoms with Gasteiger partial charge in [0.05, 0.1) is 12.7 Å². The quantitative estimate of drug-likeness (QED) is 0.0673. The van der Waals surface area contributed by atoms with Gasteiger partial charge in [-0.05, 0) is 40.0 Å². The fourth-order valence-corrected chi connectivity index (χ4v) is 5.91. The summed E-state index contributed by atoms with van der Waals surface area (Å²) in [6.45, 7) is 14.8. The molecule has 0 heterocycles. The molecule has 0 aromatic rings. The van der Waals surface area contributed by atoms with Crippen molar-refractivity contribution in [2.75, 3.05) is 39.5 Å². The molecule has 0 aliphatic heterocycles. The molecule has 48 heavy (non-hydrogen) atoms.